The molecule has 1 atom stereocenters. The van der Waals surface area contributed by atoms with Gasteiger partial charge in [0.15, 0.2) is 17.3 Å². The Hall–Kier alpha value is -3.72. The molecule has 0 unspecified atom stereocenters. The number of ketones is 1. The lowest BCUT2D eigenvalue weighted by molar-refractivity contribution is -0.133. The Kier molecular flexibility index (Phi) is 6.76. The van der Waals surface area contributed by atoms with E-state index in [1.54, 1.807) is 41.3 Å². The van der Waals surface area contributed by atoms with Crippen LogP contribution in [0.2, 0.25) is 0 Å². The van der Waals surface area contributed by atoms with E-state index in [-0.39, 0.29) is 42.7 Å². The fourth-order valence-corrected chi connectivity index (χ4v) is 4.42. The number of rotatable bonds is 8. The van der Waals surface area contributed by atoms with Crippen molar-refractivity contribution < 1.29 is 23.8 Å². The van der Waals surface area contributed by atoms with Crippen LogP contribution in [0, 0.1) is 0 Å². The Morgan fingerprint density at radius 1 is 1.03 bits per heavy atom. The van der Waals surface area contributed by atoms with Crippen LogP contribution in [0.15, 0.2) is 47.3 Å². The second-order valence-electron chi connectivity index (χ2n) is 8.72. The fraction of sp³-hybridized carbons (Fsp3) is 0.385. The zero-order chi connectivity index (χ0) is 24.2. The van der Waals surface area contributed by atoms with Crippen LogP contribution in [0.4, 0.5) is 0 Å². The second kappa shape index (κ2) is 10.3. The van der Waals surface area contributed by atoms with Crippen molar-refractivity contribution in [2.45, 2.75) is 38.3 Å². The third-order valence-corrected chi connectivity index (χ3v) is 6.23. The monoisotopic (exact) mass is 477 g/mol. The van der Waals surface area contributed by atoms with E-state index >= 15 is 0 Å². The van der Waals surface area contributed by atoms with Gasteiger partial charge in [-0.1, -0.05) is 12.1 Å². The molecule has 2 aliphatic heterocycles. The number of fused-ring (bicyclic) bond motifs is 2. The SMILES string of the molecule is O=C(CCC(=O)N(Cc1nc2ccccc2c(=O)[nH]1)C[C@@H]1CCCO1)c1ccc2c(c1)OCCO2. The van der Waals surface area contributed by atoms with Crippen LogP contribution in [0.1, 0.15) is 41.9 Å². The molecule has 1 saturated heterocycles. The minimum absolute atomic E-state index is 0.0395. The van der Waals surface area contributed by atoms with Crippen molar-refractivity contribution in [1.82, 2.24) is 14.9 Å². The molecule has 182 valence electrons. The van der Waals surface area contributed by atoms with Gasteiger partial charge < -0.3 is 24.1 Å². The summed E-state index contributed by atoms with van der Waals surface area (Å²) in [5.41, 5.74) is 0.807. The molecule has 9 nitrogen and oxygen atoms in total. The predicted molar refractivity (Wildman–Crippen MR) is 128 cm³/mol. The summed E-state index contributed by atoms with van der Waals surface area (Å²) in [6.45, 7) is 2.10. The van der Waals surface area contributed by atoms with Gasteiger partial charge >= 0.3 is 0 Å². The van der Waals surface area contributed by atoms with Crippen molar-refractivity contribution in [3.63, 3.8) is 0 Å². The van der Waals surface area contributed by atoms with Crippen LogP contribution in [-0.2, 0) is 16.1 Å². The van der Waals surface area contributed by atoms with E-state index in [1.807, 2.05) is 6.07 Å². The molecule has 2 aliphatic rings. The van der Waals surface area contributed by atoms with Gasteiger partial charge in [0.05, 0.1) is 23.6 Å². The Bertz CT molecular complexity index is 1300. The zero-order valence-corrected chi connectivity index (χ0v) is 19.3. The van der Waals surface area contributed by atoms with Gasteiger partial charge in [-0.15, -0.1) is 0 Å². The molecule has 0 saturated carbocycles. The number of hydrogen-bond donors (Lipinski definition) is 1. The van der Waals surface area contributed by atoms with Crippen LogP contribution in [0.3, 0.4) is 0 Å². The fourth-order valence-electron chi connectivity index (χ4n) is 4.42. The van der Waals surface area contributed by atoms with E-state index in [0.29, 0.717) is 60.2 Å². The topological polar surface area (TPSA) is 111 Å². The minimum atomic E-state index is -0.246. The van der Waals surface area contributed by atoms with Crippen LogP contribution in [-0.4, -0.2) is 59.0 Å². The van der Waals surface area contributed by atoms with E-state index < -0.39 is 0 Å². The van der Waals surface area contributed by atoms with Crippen LogP contribution in [0.25, 0.3) is 10.9 Å². The maximum atomic E-state index is 13.2. The lowest BCUT2D eigenvalue weighted by atomic mass is 10.1. The number of carbonyl (C=O) groups is 2. The van der Waals surface area contributed by atoms with Gasteiger partial charge in [0.25, 0.3) is 5.56 Å². The molecule has 0 spiro atoms. The first-order chi connectivity index (χ1) is 17.1. The van der Waals surface area contributed by atoms with Gasteiger partial charge in [-0.25, -0.2) is 4.98 Å². The highest BCUT2D eigenvalue weighted by Gasteiger charge is 2.24. The molecule has 1 N–H and O–H groups in total. The number of aromatic amines is 1. The lowest BCUT2D eigenvalue weighted by Crippen LogP contribution is -2.38. The average Bonchev–Trinajstić information content (AvgIpc) is 3.39. The summed E-state index contributed by atoms with van der Waals surface area (Å²) in [6.07, 6.45) is 1.83. The number of Topliss-reactive ketones (excluding diaryl/α,β-unsaturated/α-hetero) is 1. The molecule has 0 bridgehead atoms. The van der Waals surface area contributed by atoms with Crippen molar-refractivity contribution >= 4 is 22.6 Å². The zero-order valence-electron chi connectivity index (χ0n) is 19.3. The largest absolute Gasteiger partial charge is 0.486 e. The van der Waals surface area contributed by atoms with Gasteiger partial charge in [-0.3, -0.25) is 14.4 Å². The molecule has 5 rings (SSSR count). The smallest absolute Gasteiger partial charge is 0.258 e. The van der Waals surface area contributed by atoms with Gasteiger partial charge in [0.1, 0.15) is 19.0 Å². The normalized spacial score (nSPS) is 16.9. The van der Waals surface area contributed by atoms with E-state index in [9.17, 15) is 14.4 Å². The Labute approximate surface area is 202 Å². The van der Waals surface area contributed by atoms with Gasteiger partial charge in [-0.2, -0.15) is 0 Å². The molecule has 3 heterocycles. The van der Waals surface area contributed by atoms with E-state index in [2.05, 4.69) is 9.97 Å². The molecule has 2 aromatic carbocycles. The molecule has 1 aromatic heterocycles. The Morgan fingerprint density at radius 3 is 2.69 bits per heavy atom. The molecule has 0 radical (unpaired) electrons. The molecule has 1 amide bonds. The summed E-state index contributed by atoms with van der Waals surface area (Å²) in [6, 6.07) is 12.1. The van der Waals surface area contributed by atoms with Gasteiger partial charge in [0, 0.05) is 31.6 Å². The highest BCUT2D eigenvalue weighted by atomic mass is 16.6. The summed E-state index contributed by atoms with van der Waals surface area (Å²) < 4.78 is 16.8. The second-order valence-corrected chi connectivity index (χ2v) is 8.72. The number of H-pyrrole nitrogens is 1. The number of nitrogens with zero attached hydrogens (tertiary/aromatic N) is 2. The maximum Gasteiger partial charge on any atom is 0.258 e. The van der Waals surface area contributed by atoms with Gasteiger partial charge in [-0.05, 0) is 43.2 Å². The van der Waals surface area contributed by atoms with Gasteiger partial charge in [0.2, 0.25) is 5.91 Å². The van der Waals surface area contributed by atoms with Crippen LogP contribution < -0.4 is 15.0 Å². The molecule has 3 aromatic rings. The summed E-state index contributed by atoms with van der Waals surface area (Å²) >= 11 is 0. The first-order valence-corrected chi connectivity index (χ1v) is 11.9. The third-order valence-electron chi connectivity index (χ3n) is 6.23. The Balaban J connectivity index is 1.29. The molecule has 0 aliphatic carbocycles. The standard InChI is InChI=1S/C26H27N3O6/c30-21(17-7-9-22-23(14-17)35-13-12-34-22)8-10-25(31)29(15-18-4-3-11-33-18)16-24-27-20-6-2-1-5-19(20)26(32)28-24/h1-2,5-7,9,14,18H,3-4,8,10-13,15-16H2,(H,27,28,32)/t18-/m0/s1. The van der Waals surface area contributed by atoms with Crippen molar-refractivity contribution in [3.05, 3.63) is 64.2 Å². The number of nitrogens with one attached hydrogen (secondary N) is 1. The highest BCUT2D eigenvalue weighted by Crippen LogP contribution is 2.31. The predicted octanol–water partition coefficient (Wildman–Crippen LogP) is 2.87. The van der Waals surface area contributed by atoms with Crippen molar-refractivity contribution in [2.75, 3.05) is 26.4 Å². The summed E-state index contributed by atoms with van der Waals surface area (Å²) in [4.78, 5) is 47.4. The summed E-state index contributed by atoms with van der Waals surface area (Å²) in [5, 5.41) is 0.498. The number of amides is 1. The first kappa shape index (κ1) is 23.0. The van der Waals surface area contributed by atoms with Crippen molar-refractivity contribution in [2.24, 2.45) is 0 Å². The summed E-state index contributed by atoms with van der Waals surface area (Å²) in [5.74, 6) is 1.22. The minimum Gasteiger partial charge on any atom is -0.486 e. The number of ether oxygens (including phenoxy) is 3. The van der Waals surface area contributed by atoms with E-state index in [4.69, 9.17) is 14.2 Å². The first-order valence-electron chi connectivity index (χ1n) is 11.9. The van der Waals surface area contributed by atoms with Crippen molar-refractivity contribution in [3.8, 4) is 11.5 Å². The van der Waals surface area contributed by atoms with Crippen LogP contribution in [0.5, 0.6) is 11.5 Å². The van der Waals surface area contributed by atoms with Crippen molar-refractivity contribution in [1.29, 1.82) is 0 Å². The highest BCUT2D eigenvalue weighted by molar-refractivity contribution is 5.98. The van der Waals surface area contributed by atoms with E-state index in [1.165, 1.54) is 0 Å². The lowest BCUT2D eigenvalue weighted by Gasteiger charge is -2.25. The quantitative estimate of drug-likeness (QED) is 0.497. The molecule has 9 heteroatoms. The molecule has 35 heavy (non-hydrogen) atoms. The maximum absolute atomic E-state index is 13.2. The Morgan fingerprint density at radius 2 is 1.86 bits per heavy atom. The third kappa shape index (κ3) is 5.35. The van der Waals surface area contributed by atoms with Crippen LogP contribution >= 0.6 is 0 Å². The number of carbonyl (C=O) groups excluding carboxylic acids is 2. The number of para-hydroxylation sites is 1. The number of hydrogen-bond acceptors (Lipinski definition) is 7. The van der Waals surface area contributed by atoms with E-state index in [0.717, 1.165) is 12.8 Å². The summed E-state index contributed by atoms with van der Waals surface area (Å²) in [7, 11) is 0. The molecular formula is C26H27N3O6. The number of benzene rings is 2. The molecular weight excluding hydrogens is 450 g/mol. The molecule has 1 fully saturated rings. The number of aromatic nitrogens is 2. The average molecular weight is 478 g/mol.